The van der Waals surface area contributed by atoms with Crippen LogP contribution in [0.1, 0.15) is 48.7 Å². The summed E-state index contributed by atoms with van der Waals surface area (Å²) in [5.41, 5.74) is 7.05. The van der Waals surface area contributed by atoms with Gasteiger partial charge in [-0.2, -0.15) is 0 Å². The maximum atomic E-state index is 6.17. The summed E-state index contributed by atoms with van der Waals surface area (Å²) in [5, 5.41) is 4.40. The number of aryl methyl sites for hydroxylation is 1. The molecule has 1 aliphatic carbocycles. The summed E-state index contributed by atoms with van der Waals surface area (Å²) in [6.45, 7) is 4.96. The number of furan rings is 1. The lowest BCUT2D eigenvalue weighted by atomic mass is 9.99. The minimum Gasteiger partial charge on any atom is -0.432 e. The molecule has 0 radical (unpaired) electrons. The molecule has 4 heterocycles. The number of nitrogens with one attached hydrogen (secondary N) is 1. The number of anilines is 1. The number of fused-ring (bicyclic) bond motifs is 5. The summed E-state index contributed by atoms with van der Waals surface area (Å²) in [6, 6.07) is 5.86. The van der Waals surface area contributed by atoms with Crippen molar-refractivity contribution in [2.75, 3.05) is 5.32 Å². The zero-order chi connectivity index (χ0) is 18.4. The fourth-order valence-electron chi connectivity index (χ4n) is 4.01. The molecule has 4 aromatic rings. The first-order valence-corrected chi connectivity index (χ1v) is 9.45. The van der Waals surface area contributed by atoms with E-state index in [2.05, 4.69) is 34.1 Å². The van der Waals surface area contributed by atoms with Crippen LogP contribution in [-0.4, -0.2) is 19.9 Å². The third-order valence-corrected chi connectivity index (χ3v) is 5.21. The minimum absolute atomic E-state index is 0.377. The number of aromatic nitrogens is 4. The normalized spacial score (nSPS) is 13.6. The van der Waals surface area contributed by atoms with Crippen LogP contribution < -0.4 is 5.32 Å². The van der Waals surface area contributed by atoms with Gasteiger partial charge in [-0.3, -0.25) is 4.98 Å². The van der Waals surface area contributed by atoms with E-state index in [9.17, 15) is 0 Å². The maximum Gasteiger partial charge on any atom is 0.229 e. The van der Waals surface area contributed by atoms with E-state index < -0.39 is 0 Å². The van der Waals surface area contributed by atoms with Gasteiger partial charge in [0, 0.05) is 6.20 Å². The first-order chi connectivity index (χ1) is 13.2. The number of hydrogen-bond donors (Lipinski definition) is 1. The topological polar surface area (TPSA) is 76.7 Å². The van der Waals surface area contributed by atoms with Crippen molar-refractivity contribution in [3.8, 4) is 0 Å². The molecule has 0 amide bonds. The number of nitrogens with zero attached hydrogens (tertiary/aromatic N) is 4. The highest BCUT2D eigenvalue weighted by molar-refractivity contribution is 6.06. The van der Waals surface area contributed by atoms with E-state index in [1.807, 2.05) is 18.2 Å². The molecule has 0 atom stereocenters. The van der Waals surface area contributed by atoms with Gasteiger partial charge >= 0.3 is 0 Å². The van der Waals surface area contributed by atoms with Crippen molar-refractivity contribution in [3.05, 3.63) is 53.2 Å². The second-order valence-electron chi connectivity index (χ2n) is 7.32. The zero-order valence-corrected chi connectivity index (χ0v) is 15.5. The minimum atomic E-state index is 0.377. The second-order valence-corrected chi connectivity index (χ2v) is 7.32. The fraction of sp³-hybridized carbons (Fsp3) is 0.333. The number of pyridine rings is 2. The van der Waals surface area contributed by atoms with Crippen LogP contribution in [0.5, 0.6) is 0 Å². The van der Waals surface area contributed by atoms with Gasteiger partial charge in [0.25, 0.3) is 0 Å². The van der Waals surface area contributed by atoms with E-state index in [4.69, 9.17) is 9.40 Å². The van der Waals surface area contributed by atoms with Gasteiger partial charge in [-0.15, -0.1) is 0 Å². The predicted octanol–water partition coefficient (Wildman–Crippen LogP) is 4.39. The lowest BCUT2D eigenvalue weighted by molar-refractivity contribution is 0.644. The highest BCUT2D eigenvalue weighted by atomic mass is 16.3. The van der Waals surface area contributed by atoms with E-state index in [0.29, 0.717) is 29.6 Å². The largest absolute Gasteiger partial charge is 0.432 e. The zero-order valence-electron chi connectivity index (χ0n) is 15.5. The Labute approximate surface area is 157 Å². The van der Waals surface area contributed by atoms with Crippen molar-refractivity contribution >= 4 is 28.0 Å². The molecular weight excluding hydrogens is 338 g/mol. The van der Waals surface area contributed by atoms with Crippen LogP contribution in [0.4, 0.5) is 5.82 Å². The Morgan fingerprint density at radius 2 is 2.00 bits per heavy atom. The van der Waals surface area contributed by atoms with Gasteiger partial charge in [-0.1, -0.05) is 19.9 Å². The molecule has 6 heteroatoms. The number of hydrogen-bond acceptors (Lipinski definition) is 6. The van der Waals surface area contributed by atoms with Crippen LogP contribution in [0.25, 0.3) is 22.2 Å². The third kappa shape index (κ3) is 2.63. The van der Waals surface area contributed by atoms with Crippen LogP contribution in [0.3, 0.4) is 0 Å². The van der Waals surface area contributed by atoms with Crippen molar-refractivity contribution in [2.24, 2.45) is 0 Å². The Morgan fingerprint density at radius 1 is 1.11 bits per heavy atom. The molecule has 6 nitrogen and oxygen atoms in total. The van der Waals surface area contributed by atoms with Gasteiger partial charge in [0.15, 0.2) is 11.4 Å². The molecule has 0 spiro atoms. The summed E-state index contributed by atoms with van der Waals surface area (Å²) in [5.74, 6) is 1.06. The van der Waals surface area contributed by atoms with E-state index in [1.165, 1.54) is 17.5 Å². The summed E-state index contributed by atoms with van der Waals surface area (Å²) in [6.07, 6.45) is 6.69. The van der Waals surface area contributed by atoms with Gasteiger partial charge in [-0.25, -0.2) is 15.0 Å². The van der Waals surface area contributed by atoms with Crippen LogP contribution in [0.15, 0.2) is 35.1 Å². The first-order valence-electron chi connectivity index (χ1n) is 9.45. The van der Waals surface area contributed by atoms with Crippen molar-refractivity contribution in [1.82, 2.24) is 19.9 Å². The molecule has 27 heavy (non-hydrogen) atoms. The Hall–Kier alpha value is -3.02. The Kier molecular flexibility index (Phi) is 3.77. The average molecular weight is 359 g/mol. The number of rotatable bonds is 4. The lowest BCUT2D eigenvalue weighted by Gasteiger charge is -2.10. The second kappa shape index (κ2) is 6.30. The van der Waals surface area contributed by atoms with Gasteiger partial charge in [0.1, 0.15) is 11.8 Å². The molecule has 4 aromatic heterocycles. The molecule has 0 saturated heterocycles. The third-order valence-electron chi connectivity index (χ3n) is 5.21. The van der Waals surface area contributed by atoms with Gasteiger partial charge < -0.3 is 9.73 Å². The predicted molar refractivity (Wildman–Crippen MR) is 105 cm³/mol. The highest BCUT2D eigenvalue weighted by Gasteiger charge is 2.26. The molecule has 5 rings (SSSR count). The summed E-state index contributed by atoms with van der Waals surface area (Å²) < 4.78 is 6.17. The van der Waals surface area contributed by atoms with Crippen LogP contribution in [0.2, 0.25) is 0 Å². The van der Waals surface area contributed by atoms with E-state index in [-0.39, 0.29) is 0 Å². The monoisotopic (exact) mass is 359 g/mol. The summed E-state index contributed by atoms with van der Waals surface area (Å²) in [4.78, 5) is 18.1. The standard InChI is InChI=1S/C21H21N5O/c1-12(2)17-15-8-5-7-14(15)16-18-19(27-21(16)26-17)20(25-11-24-18)23-10-13-6-3-4-9-22-13/h3-4,6,9,11-12H,5,7-8,10H2,1-2H3,(H,23,24,25). The smallest absolute Gasteiger partial charge is 0.229 e. The molecule has 1 N–H and O–H groups in total. The maximum absolute atomic E-state index is 6.17. The molecule has 0 fully saturated rings. The van der Waals surface area contributed by atoms with E-state index >= 15 is 0 Å². The van der Waals surface area contributed by atoms with Gasteiger partial charge in [0.2, 0.25) is 5.71 Å². The van der Waals surface area contributed by atoms with E-state index in [1.54, 1.807) is 12.5 Å². The fourth-order valence-corrected chi connectivity index (χ4v) is 4.01. The lowest BCUT2D eigenvalue weighted by Crippen LogP contribution is -2.03. The highest BCUT2D eigenvalue weighted by Crippen LogP contribution is 2.39. The van der Waals surface area contributed by atoms with Crippen molar-refractivity contribution in [1.29, 1.82) is 0 Å². The van der Waals surface area contributed by atoms with Gasteiger partial charge in [0.05, 0.1) is 23.3 Å². The average Bonchev–Trinajstić information content (AvgIpc) is 3.30. The Balaban J connectivity index is 1.65. The molecule has 0 aromatic carbocycles. The molecule has 0 saturated carbocycles. The Morgan fingerprint density at radius 3 is 2.81 bits per heavy atom. The van der Waals surface area contributed by atoms with Crippen molar-refractivity contribution in [2.45, 2.75) is 45.6 Å². The molecular formula is C21H21N5O. The SMILES string of the molecule is CC(C)c1nc2oc3c(NCc4ccccn4)ncnc3c2c2c1CCC2. The van der Waals surface area contributed by atoms with Crippen molar-refractivity contribution < 1.29 is 4.42 Å². The van der Waals surface area contributed by atoms with Crippen LogP contribution >= 0.6 is 0 Å². The van der Waals surface area contributed by atoms with Gasteiger partial charge in [-0.05, 0) is 48.4 Å². The molecule has 0 aliphatic heterocycles. The molecule has 0 bridgehead atoms. The van der Waals surface area contributed by atoms with E-state index in [0.717, 1.165) is 35.1 Å². The van der Waals surface area contributed by atoms with Crippen molar-refractivity contribution in [3.63, 3.8) is 0 Å². The summed E-state index contributed by atoms with van der Waals surface area (Å²) >= 11 is 0. The molecule has 1 aliphatic rings. The van der Waals surface area contributed by atoms with Crippen LogP contribution in [0, 0.1) is 0 Å². The quantitative estimate of drug-likeness (QED) is 0.582. The first kappa shape index (κ1) is 16.2. The molecule has 0 unspecified atom stereocenters. The molecule has 136 valence electrons. The summed E-state index contributed by atoms with van der Waals surface area (Å²) in [7, 11) is 0. The Bertz CT molecular complexity index is 1130. The van der Waals surface area contributed by atoms with Crippen LogP contribution in [-0.2, 0) is 19.4 Å².